The minimum atomic E-state index is 0.146. The largest absolute Gasteiger partial charge is 0.491 e. The molecule has 0 amide bonds. The van der Waals surface area contributed by atoms with E-state index in [4.69, 9.17) is 14.5 Å². The van der Waals surface area contributed by atoms with Gasteiger partial charge in [-0.1, -0.05) is 6.07 Å². The number of hydrogen-bond acceptors (Lipinski definition) is 6. The van der Waals surface area contributed by atoms with Crippen LogP contribution in [0.15, 0.2) is 35.6 Å². The van der Waals surface area contributed by atoms with Gasteiger partial charge >= 0.3 is 0 Å². The molecule has 4 heterocycles. The van der Waals surface area contributed by atoms with Gasteiger partial charge in [-0.15, -0.1) is 0 Å². The zero-order valence-corrected chi connectivity index (χ0v) is 15.8. The summed E-state index contributed by atoms with van der Waals surface area (Å²) in [6.07, 6.45) is 4.77. The molecule has 2 saturated heterocycles. The maximum absolute atomic E-state index is 5.95. The monoisotopic (exact) mass is 364 g/mol. The number of anilines is 1. The molecule has 5 rings (SSSR count). The molecular formula is C21H24N4O2. The molecule has 0 aliphatic carbocycles. The van der Waals surface area contributed by atoms with Crippen molar-refractivity contribution in [3.8, 4) is 5.75 Å². The Hall–Kier alpha value is -2.47. The summed E-state index contributed by atoms with van der Waals surface area (Å²) in [7, 11) is 0. The first-order valence-corrected chi connectivity index (χ1v) is 9.73. The van der Waals surface area contributed by atoms with Crippen LogP contribution in [0.25, 0.3) is 0 Å². The van der Waals surface area contributed by atoms with E-state index in [1.807, 2.05) is 19.9 Å². The summed E-state index contributed by atoms with van der Waals surface area (Å²) in [4.78, 5) is 16.1. The summed E-state index contributed by atoms with van der Waals surface area (Å²) in [5.41, 5.74) is 4.13. The number of ether oxygens (including phenoxy) is 2. The Kier molecular flexibility index (Phi) is 4.08. The molecule has 0 N–H and O–H groups in total. The number of morpholine rings is 1. The van der Waals surface area contributed by atoms with Crippen molar-refractivity contribution in [1.82, 2.24) is 9.97 Å². The summed E-state index contributed by atoms with van der Waals surface area (Å²) in [6.45, 7) is 6.57. The van der Waals surface area contributed by atoms with E-state index in [2.05, 4.69) is 33.1 Å². The minimum absolute atomic E-state index is 0.146. The Labute approximate surface area is 159 Å². The Morgan fingerprint density at radius 3 is 2.70 bits per heavy atom. The fraction of sp³-hybridized carbons (Fsp3) is 0.476. The number of aliphatic imine (C=N–C) groups is 1. The summed E-state index contributed by atoms with van der Waals surface area (Å²) in [5.74, 6) is 1.84. The first-order valence-electron chi connectivity index (χ1n) is 9.73. The number of fused-ring (bicyclic) bond motifs is 3. The topological polar surface area (TPSA) is 59.8 Å². The molecular weight excluding hydrogens is 340 g/mol. The van der Waals surface area contributed by atoms with Crippen molar-refractivity contribution in [2.45, 2.75) is 51.5 Å². The van der Waals surface area contributed by atoms with Gasteiger partial charge in [0.15, 0.2) is 0 Å². The number of rotatable bonds is 4. The van der Waals surface area contributed by atoms with Crippen molar-refractivity contribution in [3.05, 3.63) is 47.4 Å². The van der Waals surface area contributed by atoms with E-state index >= 15 is 0 Å². The van der Waals surface area contributed by atoms with E-state index in [-0.39, 0.29) is 6.10 Å². The van der Waals surface area contributed by atoms with Gasteiger partial charge in [0.2, 0.25) is 0 Å². The van der Waals surface area contributed by atoms with Gasteiger partial charge in [0.1, 0.15) is 17.9 Å². The molecule has 2 bridgehead atoms. The Bertz CT molecular complexity index is 884. The Morgan fingerprint density at radius 1 is 1.11 bits per heavy atom. The lowest BCUT2D eigenvalue weighted by atomic mass is 10.0. The third kappa shape index (κ3) is 3.18. The van der Waals surface area contributed by atoms with E-state index in [0.29, 0.717) is 18.8 Å². The highest BCUT2D eigenvalue weighted by molar-refractivity contribution is 6.14. The number of benzene rings is 1. The van der Waals surface area contributed by atoms with Crippen molar-refractivity contribution in [2.24, 2.45) is 4.99 Å². The van der Waals surface area contributed by atoms with Crippen molar-refractivity contribution in [1.29, 1.82) is 0 Å². The SMILES string of the molecule is CC(C)Oc1ccc2c(c1)C(c1cc(N3CC4CCC(C3)O4)ncn1)=NC2. The van der Waals surface area contributed by atoms with Crippen LogP contribution in [0.4, 0.5) is 5.82 Å². The van der Waals surface area contributed by atoms with Crippen LogP contribution in [0, 0.1) is 0 Å². The first-order chi connectivity index (χ1) is 13.2. The molecule has 0 saturated carbocycles. The molecule has 3 aliphatic heterocycles. The average molecular weight is 364 g/mol. The molecule has 2 unspecified atom stereocenters. The zero-order chi connectivity index (χ0) is 18.4. The predicted molar refractivity (Wildman–Crippen MR) is 104 cm³/mol. The summed E-state index contributed by atoms with van der Waals surface area (Å²) in [6, 6.07) is 8.27. The highest BCUT2D eigenvalue weighted by Crippen LogP contribution is 2.30. The molecule has 1 aromatic heterocycles. The molecule has 2 atom stereocenters. The second-order valence-corrected chi connectivity index (χ2v) is 7.77. The van der Waals surface area contributed by atoms with Crippen LogP contribution in [0.5, 0.6) is 5.75 Å². The average Bonchev–Trinajstić information content (AvgIpc) is 3.23. The van der Waals surface area contributed by atoms with Crippen molar-refractivity contribution >= 4 is 11.5 Å². The van der Waals surface area contributed by atoms with Crippen molar-refractivity contribution in [2.75, 3.05) is 18.0 Å². The highest BCUT2D eigenvalue weighted by Gasteiger charge is 2.34. The molecule has 27 heavy (non-hydrogen) atoms. The number of nitrogens with zero attached hydrogens (tertiary/aromatic N) is 4. The normalized spacial score (nSPS) is 23.5. The van der Waals surface area contributed by atoms with Gasteiger partial charge in [0, 0.05) is 24.7 Å². The highest BCUT2D eigenvalue weighted by atomic mass is 16.5. The fourth-order valence-electron chi connectivity index (χ4n) is 4.18. The van der Waals surface area contributed by atoms with Gasteiger partial charge < -0.3 is 14.4 Å². The van der Waals surface area contributed by atoms with Gasteiger partial charge in [-0.25, -0.2) is 9.97 Å². The molecule has 3 aliphatic rings. The summed E-state index contributed by atoms with van der Waals surface area (Å²) < 4.78 is 11.8. The van der Waals surface area contributed by atoms with Crippen LogP contribution in [0.1, 0.15) is 43.5 Å². The Morgan fingerprint density at radius 2 is 1.93 bits per heavy atom. The quantitative estimate of drug-likeness (QED) is 0.835. The van der Waals surface area contributed by atoms with E-state index in [1.54, 1.807) is 6.33 Å². The van der Waals surface area contributed by atoms with Crippen LogP contribution in [0.2, 0.25) is 0 Å². The summed E-state index contributed by atoms with van der Waals surface area (Å²) in [5, 5.41) is 0. The third-order valence-electron chi connectivity index (χ3n) is 5.38. The predicted octanol–water partition coefficient (Wildman–Crippen LogP) is 2.98. The van der Waals surface area contributed by atoms with Crippen molar-refractivity contribution < 1.29 is 9.47 Å². The first kappa shape index (κ1) is 16.7. The molecule has 2 fully saturated rings. The second-order valence-electron chi connectivity index (χ2n) is 7.77. The lowest BCUT2D eigenvalue weighted by molar-refractivity contribution is 0.0302. The second kappa shape index (κ2) is 6.60. The minimum Gasteiger partial charge on any atom is -0.491 e. The van der Waals surface area contributed by atoms with Crippen molar-refractivity contribution in [3.63, 3.8) is 0 Å². The maximum atomic E-state index is 5.95. The molecule has 140 valence electrons. The van der Waals surface area contributed by atoms with E-state index < -0.39 is 0 Å². The van der Waals surface area contributed by atoms with Gasteiger partial charge in [-0.05, 0) is 44.4 Å². The molecule has 6 heteroatoms. The lowest BCUT2D eigenvalue weighted by Crippen LogP contribution is -2.43. The standard InChI is InChI=1S/C21H24N4O2/c1-13(2)26-15-4-3-14-9-22-21(18(14)7-15)19-8-20(24-12-23-19)25-10-16-5-6-17(11-25)27-16/h3-4,7-8,12-13,16-17H,5-6,9-11H2,1-2H3. The molecule has 6 nitrogen and oxygen atoms in total. The van der Waals surface area contributed by atoms with E-state index in [9.17, 15) is 0 Å². The van der Waals surface area contributed by atoms with Gasteiger partial charge in [-0.2, -0.15) is 0 Å². The van der Waals surface area contributed by atoms with Gasteiger partial charge in [0.05, 0.1) is 36.3 Å². The fourth-order valence-corrected chi connectivity index (χ4v) is 4.18. The smallest absolute Gasteiger partial charge is 0.132 e. The van der Waals surface area contributed by atoms with E-state index in [1.165, 1.54) is 5.56 Å². The maximum Gasteiger partial charge on any atom is 0.132 e. The molecule has 0 spiro atoms. The number of hydrogen-bond donors (Lipinski definition) is 0. The lowest BCUT2D eigenvalue weighted by Gasteiger charge is -2.33. The van der Waals surface area contributed by atoms with Gasteiger partial charge in [0.25, 0.3) is 0 Å². The molecule has 1 aromatic carbocycles. The zero-order valence-electron chi connectivity index (χ0n) is 15.8. The molecule has 0 radical (unpaired) electrons. The van der Waals surface area contributed by atoms with Crippen LogP contribution in [0.3, 0.4) is 0 Å². The number of aromatic nitrogens is 2. The van der Waals surface area contributed by atoms with Crippen LogP contribution in [-0.4, -0.2) is 47.1 Å². The van der Waals surface area contributed by atoms with Crippen LogP contribution >= 0.6 is 0 Å². The van der Waals surface area contributed by atoms with Gasteiger partial charge in [-0.3, -0.25) is 4.99 Å². The van der Waals surface area contributed by atoms with Crippen LogP contribution in [-0.2, 0) is 11.3 Å². The van der Waals surface area contributed by atoms with Crippen LogP contribution < -0.4 is 9.64 Å². The Balaban J connectivity index is 1.44. The summed E-state index contributed by atoms with van der Waals surface area (Å²) >= 11 is 0. The third-order valence-corrected chi connectivity index (χ3v) is 5.38. The van der Waals surface area contributed by atoms with E-state index in [0.717, 1.165) is 54.5 Å². The molecule has 2 aromatic rings.